The van der Waals surface area contributed by atoms with Crippen LogP contribution in [0.15, 0.2) is 42.5 Å². The minimum atomic E-state index is -0.636. The van der Waals surface area contributed by atoms with Crippen LogP contribution in [0.4, 0.5) is 0 Å². The van der Waals surface area contributed by atoms with Crippen molar-refractivity contribution in [2.24, 2.45) is 0 Å². The average Bonchev–Trinajstić information content (AvgIpc) is 2.73. The van der Waals surface area contributed by atoms with Gasteiger partial charge in [-0.3, -0.25) is 4.79 Å². The molecule has 0 saturated carbocycles. The highest BCUT2D eigenvalue weighted by atomic mass is 16.6. The Labute approximate surface area is 177 Å². The first-order valence-corrected chi connectivity index (χ1v) is 9.79. The summed E-state index contributed by atoms with van der Waals surface area (Å²) >= 11 is 0. The molecule has 0 spiro atoms. The molecule has 0 aliphatic rings. The number of carbonyl (C=O) groups excluding carboxylic acids is 2. The number of carbonyl (C=O) groups is 2. The van der Waals surface area contributed by atoms with E-state index in [1.54, 1.807) is 6.07 Å². The molecule has 0 bridgehead atoms. The molecule has 2 rings (SSSR count). The molecule has 2 aromatic rings. The summed E-state index contributed by atoms with van der Waals surface area (Å²) in [6.07, 6.45) is 3.84. The summed E-state index contributed by atoms with van der Waals surface area (Å²) in [7, 11) is 1.53. The molecule has 0 aliphatic heterocycles. The second-order valence-corrected chi connectivity index (χ2v) is 6.99. The standard InChI is InChI=1S/C24H29NO5/c1-6-7-19-9-11-21(22(13-19)28-5)29-15-24(27)30-14-23(26)25-18(4)20-10-8-16(2)17(3)12-20/h6-13,18H,14-15H2,1-5H3,(H,25,26)/b7-6+. The first-order valence-electron chi connectivity index (χ1n) is 9.79. The third-order valence-electron chi connectivity index (χ3n) is 4.67. The van der Waals surface area contributed by atoms with Crippen LogP contribution in [0.5, 0.6) is 11.5 Å². The van der Waals surface area contributed by atoms with Gasteiger partial charge in [-0.25, -0.2) is 4.79 Å². The minimum Gasteiger partial charge on any atom is -0.493 e. The van der Waals surface area contributed by atoms with Crippen molar-refractivity contribution in [3.8, 4) is 11.5 Å². The minimum absolute atomic E-state index is 0.188. The molecule has 1 atom stereocenters. The third-order valence-corrected chi connectivity index (χ3v) is 4.67. The maximum atomic E-state index is 12.1. The number of benzene rings is 2. The van der Waals surface area contributed by atoms with Crippen LogP contribution >= 0.6 is 0 Å². The number of nitrogens with one attached hydrogen (secondary N) is 1. The van der Waals surface area contributed by atoms with Gasteiger partial charge in [0.15, 0.2) is 24.7 Å². The van der Waals surface area contributed by atoms with Crippen molar-refractivity contribution in [1.82, 2.24) is 5.32 Å². The fraction of sp³-hybridized carbons (Fsp3) is 0.333. The number of hydrogen-bond donors (Lipinski definition) is 1. The zero-order chi connectivity index (χ0) is 22.1. The highest BCUT2D eigenvalue weighted by Crippen LogP contribution is 2.28. The molecular weight excluding hydrogens is 382 g/mol. The summed E-state index contributed by atoms with van der Waals surface area (Å²) in [4.78, 5) is 24.0. The Morgan fingerprint density at radius 2 is 1.80 bits per heavy atom. The van der Waals surface area contributed by atoms with Gasteiger partial charge >= 0.3 is 5.97 Å². The number of ether oxygens (including phenoxy) is 3. The highest BCUT2D eigenvalue weighted by Gasteiger charge is 2.14. The lowest BCUT2D eigenvalue weighted by Gasteiger charge is -2.16. The second-order valence-electron chi connectivity index (χ2n) is 6.99. The molecule has 6 nitrogen and oxygen atoms in total. The van der Waals surface area contributed by atoms with E-state index in [0.29, 0.717) is 11.5 Å². The molecule has 30 heavy (non-hydrogen) atoms. The fourth-order valence-electron chi connectivity index (χ4n) is 2.82. The van der Waals surface area contributed by atoms with Crippen LogP contribution < -0.4 is 14.8 Å². The normalized spacial score (nSPS) is 11.8. The van der Waals surface area contributed by atoms with Crippen LogP contribution in [-0.2, 0) is 14.3 Å². The van der Waals surface area contributed by atoms with E-state index in [1.165, 1.54) is 12.7 Å². The monoisotopic (exact) mass is 411 g/mol. The van der Waals surface area contributed by atoms with E-state index in [4.69, 9.17) is 14.2 Å². The average molecular weight is 411 g/mol. The summed E-state index contributed by atoms with van der Waals surface area (Å²) in [5.41, 5.74) is 4.30. The van der Waals surface area contributed by atoms with E-state index in [1.807, 2.05) is 70.2 Å². The van der Waals surface area contributed by atoms with Gasteiger partial charge in [0.2, 0.25) is 0 Å². The zero-order valence-electron chi connectivity index (χ0n) is 18.2. The molecule has 0 aromatic heterocycles. The van der Waals surface area contributed by atoms with E-state index >= 15 is 0 Å². The topological polar surface area (TPSA) is 73.9 Å². The van der Waals surface area contributed by atoms with Crippen molar-refractivity contribution < 1.29 is 23.8 Å². The van der Waals surface area contributed by atoms with Crippen molar-refractivity contribution in [3.63, 3.8) is 0 Å². The van der Waals surface area contributed by atoms with E-state index < -0.39 is 5.97 Å². The number of hydrogen-bond acceptors (Lipinski definition) is 5. The molecule has 1 unspecified atom stereocenters. The number of amides is 1. The lowest BCUT2D eigenvalue weighted by Crippen LogP contribution is -2.32. The van der Waals surface area contributed by atoms with Crippen LogP contribution in [0.2, 0.25) is 0 Å². The van der Waals surface area contributed by atoms with Gasteiger partial charge in [0.25, 0.3) is 5.91 Å². The molecule has 6 heteroatoms. The van der Waals surface area contributed by atoms with E-state index in [9.17, 15) is 9.59 Å². The summed E-state index contributed by atoms with van der Waals surface area (Å²) in [6.45, 7) is 7.19. The smallest absolute Gasteiger partial charge is 0.344 e. The van der Waals surface area contributed by atoms with Crippen LogP contribution in [0.25, 0.3) is 6.08 Å². The van der Waals surface area contributed by atoms with E-state index in [2.05, 4.69) is 5.32 Å². The van der Waals surface area contributed by atoms with Crippen molar-refractivity contribution in [3.05, 3.63) is 64.7 Å². The molecule has 0 fully saturated rings. The molecule has 0 radical (unpaired) electrons. The van der Waals surface area contributed by atoms with Crippen LogP contribution in [0, 0.1) is 13.8 Å². The van der Waals surface area contributed by atoms with Gasteiger partial charge in [-0.05, 0) is 62.1 Å². The third kappa shape index (κ3) is 6.65. The predicted octanol–water partition coefficient (Wildman–Crippen LogP) is 4.14. The molecule has 2 aromatic carbocycles. The first-order chi connectivity index (χ1) is 14.3. The van der Waals surface area contributed by atoms with Gasteiger partial charge in [-0.1, -0.05) is 36.4 Å². The molecule has 1 N–H and O–H groups in total. The van der Waals surface area contributed by atoms with Gasteiger partial charge in [0, 0.05) is 0 Å². The summed E-state index contributed by atoms with van der Waals surface area (Å²) < 4.78 is 15.8. The number of allylic oxidation sites excluding steroid dienone is 1. The van der Waals surface area contributed by atoms with Crippen LogP contribution in [0.3, 0.4) is 0 Å². The maximum absolute atomic E-state index is 12.1. The molecule has 1 amide bonds. The Bertz CT molecular complexity index is 920. The molecule has 0 heterocycles. The Hall–Kier alpha value is -3.28. The Morgan fingerprint density at radius 3 is 2.47 bits per heavy atom. The van der Waals surface area contributed by atoms with Gasteiger partial charge in [0.1, 0.15) is 0 Å². The summed E-state index contributed by atoms with van der Waals surface area (Å²) in [5.74, 6) is -0.0696. The number of aryl methyl sites for hydroxylation is 2. The molecule has 0 aliphatic carbocycles. The number of esters is 1. The van der Waals surface area contributed by atoms with Gasteiger partial charge in [-0.2, -0.15) is 0 Å². The highest BCUT2D eigenvalue weighted by molar-refractivity contribution is 5.81. The lowest BCUT2D eigenvalue weighted by atomic mass is 10.0. The summed E-state index contributed by atoms with van der Waals surface area (Å²) in [5, 5.41) is 2.83. The number of rotatable bonds is 9. The van der Waals surface area contributed by atoms with Crippen molar-refractivity contribution in [1.29, 1.82) is 0 Å². The van der Waals surface area contributed by atoms with Gasteiger partial charge in [-0.15, -0.1) is 0 Å². The first kappa shape index (κ1) is 23.0. The summed E-state index contributed by atoms with van der Waals surface area (Å²) in [6, 6.07) is 11.2. The fourth-order valence-corrected chi connectivity index (χ4v) is 2.82. The SMILES string of the molecule is C/C=C/c1ccc(OCC(=O)OCC(=O)NC(C)c2ccc(C)c(C)c2)c(OC)c1. The van der Waals surface area contributed by atoms with E-state index in [-0.39, 0.29) is 25.2 Å². The van der Waals surface area contributed by atoms with Crippen LogP contribution in [0.1, 0.15) is 42.1 Å². The number of methoxy groups -OCH3 is 1. The Balaban J connectivity index is 1.81. The largest absolute Gasteiger partial charge is 0.493 e. The molecular formula is C24H29NO5. The van der Waals surface area contributed by atoms with Crippen molar-refractivity contribution in [2.45, 2.75) is 33.7 Å². The lowest BCUT2D eigenvalue weighted by molar-refractivity contribution is -0.150. The van der Waals surface area contributed by atoms with Gasteiger partial charge in [0.05, 0.1) is 13.2 Å². The predicted molar refractivity (Wildman–Crippen MR) is 117 cm³/mol. The van der Waals surface area contributed by atoms with Crippen molar-refractivity contribution >= 4 is 18.0 Å². The van der Waals surface area contributed by atoms with E-state index in [0.717, 1.165) is 16.7 Å². The maximum Gasteiger partial charge on any atom is 0.344 e. The Morgan fingerprint density at radius 1 is 1.03 bits per heavy atom. The van der Waals surface area contributed by atoms with Gasteiger partial charge < -0.3 is 19.5 Å². The zero-order valence-corrected chi connectivity index (χ0v) is 18.2. The van der Waals surface area contributed by atoms with Crippen LogP contribution in [-0.4, -0.2) is 32.2 Å². The molecule has 160 valence electrons. The Kier molecular flexibility index (Phi) is 8.47. The quantitative estimate of drug-likeness (QED) is 0.628. The molecule has 0 saturated heterocycles. The van der Waals surface area contributed by atoms with Crippen molar-refractivity contribution in [2.75, 3.05) is 20.3 Å². The second kappa shape index (κ2) is 11.0.